The first-order chi connectivity index (χ1) is 17.6. The van der Waals surface area contributed by atoms with E-state index in [4.69, 9.17) is 4.52 Å². The van der Waals surface area contributed by atoms with Crippen LogP contribution in [0, 0.1) is 12.8 Å². The summed E-state index contributed by atoms with van der Waals surface area (Å²) >= 11 is 1.56. The number of aromatic nitrogens is 2. The van der Waals surface area contributed by atoms with E-state index >= 15 is 0 Å². The Labute approximate surface area is 218 Å². The van der Waals surface area contributed by atoms with E-state index in [1.807, 2.05) is 45.0 Å². The number of carbonyl (C=O) groups is 2. The van der Waals surface area contributed by atoms with Crippen LogP contribution in [0.1, 0.15) is 50.1 Å². The van der Waals surface area contributed by atoms with Gasteiger partial charge in [-0.2, -0.15) is 4.99 Å². The van der Waals surface area contributed by atoms with E-state index in [-0.39, 0.29) is 42.3 Å². The molecule has 4 heterocycles. The molecule has 1 saturated heterocycles. The molecule has 4 atom stereocenters. The molecule has 2 aromatic heterocycles. The van der Waals surface area contributed by atoms with Crippen molar-refractivity contribution in [2.45, 2.75) is 57.7 Å². The number of aromatic hydroxyl groups is 1. The topological polar surface area (TPSA) is 141 Å². The van der Waals surface area contributed by atoms with Crippen LogP contribution in [-0.4, -0.2) is 61.6 Å². The zero-order valence-electron chi connectivity index (χ0n) is 21.0. The molecule has 1 unspecified atom stereocenters. The molecule has 2 aliphatic heterocycles. The lowest BCUT2D eigenvalue weighted by atomic mass is 9.90. The van der Waals surface area contributed by atoms with Gasteiger partial charge in [-0.15, -0.1) is 11.3 Å². The van der Waals surface area contributed by atoms with Crippen molar-refractivity contribution >= 4 is 29.0 Å². The number of β-amino-alcohol motifs (C(OH)–C–C–N with tert-alkyl or cyclic N) is 1. The second-order valence-electron chi connectivity index (χ2n) is 10.1. The van der Waals surface area contributed by atoms with E-state index in [1.165, 1.54) is 11.0 Å². The molecule has 11 heteroatoms. The van der Waals surface area contributed by atoms with Gasteiger partial charge in [0.05, 0.1) is 28.2 Å². The van der Waals surface area contributed by atoms with Gasteiger partial charge in [0.1, 0.15) is 17.3 Å². The number of amides is 2. The van der Waals surface area contributed by atoms with Crippen LogP contribution in [-0.2, 0) is 15.1 Å². The molecule has 1 aromatic carbocycles. The lowest BCUT2D eigenvalue weighted by Crippen LogP contribution is -2.51. The minimum absolute atomic E-state index is 0.0986. The van der Waals surface area contributed by atoms with Crippen molar-refractivity contribution in [3.05, 3.63) is 52.9 Å². The van der Waals surface area contributed by atoms with Crippen LogP contribution in [0.4, 0.5) is 0 Å². The number of aliphatic hydroxyl groups is 1. The molecule has 3 N–H and O–H groups in total. The predicted octanol–water partition coefficient (Wildman–Crippen LogP) is 2.96. The van der Waals surface area contributed by atoms with E-state index in [0.717, 1.165) is 21.7 Å². The average Bonchev–Trinajstić information content (AvgIpc) is 3.62. The maximum Gasteiger partial charge on any atom is 0.277 e. The second kappa shape index (κ2) is 9.38. The molecule has 0 bridgehead atoms. The van der Waals surface area contributed by atoms with Gasteiger partial charge in [0.15, 0.2) is 5.76 Å². The van der Waals surface area contributed by atoms with Crippen molar-refractivity contribution < 1.29 is 24.3 Å². The molecule has 10 nitrogen and oxygen atoms in total. The fourth-order valence-corrected chi connectivity index (χ4v) is 5.91. The first-order valence-electron chi connectivity index (χ1n) is 12.1. The van der Waals surface area contributed by atoms with E-state index in [1.54, 1.807) is 23.8 Å². The van der Waals surface area contributed by atoms with Gasteiger partial charge in [0.2, 0.25) is 5.91 Å². The minimum atomic E-state index is -1.10. The maximum atomic E-state index is 13.7. The Hall–Kier alpha value is -3.57. The molecule has 3 aromatic rings. The fraction of sp³-hybridized carbons (Fsp3) is 0.423. The molecule has 2 amide bonds. The minimum Gasteiger partial charge on any atom is -0.491 e. The predicted molar refractivity (Wildman–Crippen MR) is 137 cm³/mol. The third kappa shape index (κ3) is 4.42. The number of nitrogens with zero attached hydrogens (tertiary/aromatic N) is 4. The van der Waals surface area contributed by atoms with E-state index in [0.29, 0.717) is 5.84 Å². The highest BCUT2D eigenvalue weighted by Gasteiger charge is 2.48. The quantitative estimate of drug-likeness (QED) is 0.448. The molecule has 1 fully saturated rings. The Morgan fingerprint density at radius 2 is 2.03 bits per heavy atom. The largest absolute Gasteiger partial charge is 0.491 e. The zero-order valence-corrected chi connectivity index (χ0v) is 21.8. The van der Waals surface area contributed by atoms with Crippen molar-refractivity contribution in [1.29, 1.82) is 0 Å². The van der Waals surface area contributed by atoms with Gasteiger partial charge in [-0.05, 0) is 36.0 Å². The molecule has 194 valence electrons. The van der Waals surface area contributed by atoms with Crippen LogP contribution in [0.15, 0.2) is 45.4 Å². The number of rotatable bonds is 6. The third-order valence-electron chi connectivity index (χ3n) is 7.13. The number of carbonyl (C=O) groups excluding carboxylic acids is 2. The molecular formula is C26H29N5O5S. The summed E-state index contributed by atoms with van der Waals surface area (Å²) in [7, 11) is 0. The summed E-state index contributed by atoms with van der Waals surface area (Å²) in [6.45, 7) is 7.56. The van der Waals surface area contributed by atoms with Crippen LogP contribution in [0.5, 0.6) is 5.88 Å². The molecule has 0 aliphatic carbocycles. The number of aliphatic imine (C=N–C) groups is 1. The van der Waals surface area contributed by atoms with E-state index in [2.05, 4.69) is 20.4 Å². The summed E-state index contributed by atoms with van der Waals surface area (Å²) in [5, 5.41) is 26.9. The summed E-state index contributed by atoms with van der Waals surface area (Å²) < 4.78 is 5.19. The number of aliphatic hydroxyl groups excluding tert-OH is 1. The molecule has 0 spiro atoms. The smallest absolute Gasteiger partial charge is 0.277 e. The molecule has 5 rings (SSSR count). The summed E-state index contributed by atoms with van der Waals surface area (Å²) in [5.74, 6) is -1.23. The van der Waals surface area contributed by atoms with Crippen LogP contribution in [0.25, 0.3) is 10.4 Å². The lowest BCUT2D eigenvalue weighted by Gasteiger charge is -2.31. The highest BCUT2D eigenvalue weighted by molar-refractivity contribution is 7.13. The van der Waals surface area contributed by atoms with Crippen molar-refractivity contribution in [2.75, 3.05) is 6.54 Å². The Balaban J connectivity index is 1.39. The Kier molecular flexibility index (Phi) is 6.36. The van der Waals surface area contributed by atoms with Gasteiger partial charge in [0.25, 0.3) is 11.8 Å². The number of amidine groups is 1. The summed E-state index contributed by atoms with van der Waals surface area (Å²) in [4.78, 5) is 38.1. The molecule has 0 radical (unpaired) electrons. The maximum absolute atomic E-state index is 13.7. The first kappa shape index (κ1) is 25.1. The first-order valence-corrected chi connectivity index (χ1v) is 13.0. The van der Waals surface area contributed by atoms with Crippen LogP contribution in [0.3, 0.4) is 0 Å². The van der Waals surface area contributed by atoms with Crippen molar-refractivity contribution in [1.82, 2.24) is 20.4 Å². The van der Waals surface area contributed by atoms with Crippen molar-refractivity contribution in [2.24, 2.45) is 10.9 Å². The van der Waals surface area contributed by atoms with Crippen molar-refractivity contribution in [3.63, 3.8) is 0 Å². The Bertz CT molecular complexity index is 1360. The van der Waals surface area contributed by atoms with Gasteiger partial charge in [0, 0.05) is 19.0 Å². The molecular weight excluding hydrogens is 494 g/mol. The van der Waals surface area contributed by atoms with Gasteiger partial charge in [-0.3, -0.25) is 9.59 Å². The van der Waals surface area contributed by atoms with Gasteiger partial charge in [-0.1, -0.05) is 38.1 Å². The number of hydrogen-bond donors (Lipinski definition) is 3. The summed E-state index contributed by atoms with van der Waals surface area (Å²) in [6, 6.07) is 8.44. The highest BCUT2D eigenvalue weighted by atomic mass is 32.1. The van der Waals surface area contributed by atoms with Gasteiger partial charge in [-0.25, -0.2) is 4.98 Å². The van der Waals surface area contributed by atoms with Gasteiger partial charge < -0.3 is 25.0 Å². The summed E-state index contributed by atoms with van der Waals surface area (Å²) in [6.07, 6.45) is -0.518. The van der Waals surface area contributed by atoms with E-state index in [9.17, 15) is 19.8 Å². The molecule has 0 saturated carbocycles. The lowest BCUT2D eigenvalue weighted by molar-refractivity contribution is -0.134. The Morgan fingerprint density at radius 1 is 1.30 bits per heavy atom. The zero-order chi connectivity index (χ0) is 26.5. The Morgan fingerprint density at radius 3 is 2.62 bits per heavy atom. The van der Waals surface area contributed by atoms with E-state index < -0.39 is 23.6 Å². The van der Waals surface area contributed by atoms with Crippen molar-refractivity contribution in [3.8, 4) is 16.3 Å². The second-order valence-corrected chi connectivity index (χ2v) is 11.0. The van der Waals surface area contributed by atoms with Crippen LogP contribution < -0.4 is 5.32 Å². The monoisotopic (exact) mass is 523 g/mol. The normalized spacial score (nSPS) is 24.4. The molecule has 37 heavy (non-hydrogen) atoms. The third-order valence-corrected chi connectivity index (χ3v) is 8.11. The average molecular weight is 524 g/mol. The standard InChI is InChI=1S/C26H29N5O5S/c1-13(2)21(19-10-20(33)30-36-19)24(34)31-11-17(32)9-18(31)23-28-25(35)26(4,29-23)16-7-5-15(6-8-16)22-14(3)27-12-37-22/h5-8,10,12-13,17-18,21,32H,9,11H2,1-4H3,(H,30,33)(H,28,29,35)/t17-,18+,21?,26+/m1/s1. The highest BCUT2D eigenvalue weighted by Crippen LogP contribution is 2.35. The number of aryl methyl sites for hydroxylation is 1. The summed E-state index contributed by atoms with van der Waals surface area (Å²) in [5.41, 5.74) is 3.42. The van der Waals surface area contributed by atoms with Gasteiger partial charge >= 0.3 is 0 Å². The number of nitrogens with one attached hydrogen (secondary N) is 1. The number of benzene rings is 1. The SMILES string of the molecule is Cc1ncsc1-c1ccc([C@]2(C)NC([C@@H]3C[C@@H](O)CN3C(=O)C(c3cc(O)no3)C(C)C)=NC2=O)cc1. The fourth-order valence-electron chi connectivity index (χ4n) is 5.10. The van der Waals surface area contributed by atoms with Crippen LogP contribution >= 0.6 is 11.3 Å². The number of hydrogen-bond acceptors (Lipinski definition) is 9. The molecule has 2 aliphatic rings. The number of likely N-dealkylation sites (tertiary alicyclic amines) is 1. The number of thiazole rings is 1. The van der Waals surface area contributed by atoms with Crippen LogP contribution in [0.2, 0.25) is 0 Å².